The summed E-state index contributed by atoms with van der Waals surface area (Å²) in [4.78, 5) is 39.2. The summed E-state index contributed by atoms with van der Waals surface area (Å²) in [6.07, 6.45) is 0. The highest BCUT2D eigenvalue weighted by Gasteiger charge is 2.31. The van der Waals surface area contributed by atoms with Gasteiger partial charge < -0.3 is 9.64 Å². The number of rotatable bonds is 5. The van der Waals surface area contributed by atoms with Crippen LogP contribution in [0, 0.1) is 10.1 Å². The van der Waals surface area contributed by atoms with E-state index in [4.69, 9.17) is 4.74 Å². The molecule has 3 rings (SSSR count). The molecule has 0 aliphatic carbocycles. The van der Waals surface area contributed by atoms with Gasteiger partial charge in [0.1, 0.15) is 12.3 Å². The fourth-order valence-corrected chi connectivity index (χ4v) is 3.49. The van der Waals surface area contributed by atoms with E-state index in [1.807, 2.05) is 24.4 Å². The van der Waals surface area contributed by atoms with Gasteiger partial charge in [-0.15, -0.1) is 11.3 Å². The molecule has 136 valence electrons. The molecule has 1 atom stereocenters. The molecule has 0 radical (unpaired) electrons. The van der Waals surface area contributed by atoms with Crippen molar-refractivity contribution in [3.63, 3.8) is 0 Å². The molecule has 0 spiro atoms. The number of hydrogen-bond donors (Lipinski definition) is 0. The number of thiophene rings is 1. The third-order valence-corrected chi connectivity index (χ3v) is 5.36. The second-order valence-electron chi connectivity index (χ2n) is 5.87. The highest BCUT2D eigenvalue weighted by atomic mass is 32.1. The molecule has 2 aromatic rings. The van der Waals surface area contributed by atoms with Crippen LogP contribution in [-0.4, -0.2) is 41.8 Å². The zero-order valence-corrected chi connectivity index (χ0v) is 15.1. The number of likely N-dealkylation sites (N-methyl/N-ethyl adjacent to an activating group) is 1. The molecule has 0 saturated heterocycles. The van der Waals surface area contributed by atoms with Crippen LogP contribution in [0.1, 0.15) is 17.8 Å². The quantitative estimate of drug-likeness (QED) is 0.591. The summed E-state index contributed by atoms with van der Waals surface area (Å²) in [6.45, 7) is 1.49. The van der Waals surface area contributed by atoms with Crippen molar-refractivity contribution in [1.82, 2.24) is 4.90 Å². The standard InChI is InChI=1S/C17H17N3O5S/c1-11(15-4-3-7-26-15)18(2)16(21)9-19-13-8-12(20(23)24)5-6-14(13)25-10-17(19)22/h3-8,11H,9-10H2,1-2H3/t11-/m0/s1. The summed E-state index contributed by atoms with van der Waals surface area (Å²) in [6, 6.07) is 7.72. The highest BCUT2D eigenvalue weighted by Crippen LogP contribution is 2.35. The lowest BCUT2D eigenvalue weighted by Crippen LogP contribution is -2.46. The first-order valence-corrected chi connectivity index (χ1v) is 8.77. The van der Waals surface area contributed by atoms with Gasteiger partial charge in [-0.25, -0.2) is 0 Å². The Morgan fingerprint density at radius 2 is 2.23 bits per heavy atom. The summed E-state index contributed by atoms with van der Waals surface area (Å²) in [5, 5.41) is 12.9. The maximum absolute atomic E-state index is 12.7. The number of benzene rings is 1. The molecule has 2 amide bonds. The SMILES string of the molecule is C[C@@H](c1cccs1)N(C)C(=O)CN1C(=O)COc2ccc([N+](=O)[O-])cc21. The minimum Gasteiger partial charge on any atom is -0.482 e. The number of fused-ring (bicyclic) bond motifs is 1. The average molecular weight is 375 g/mol. The van der Waals surface area contributed by atoms with Gasteiger partial charge in [0, 0.05) is 24.1 Å². The van der Waals surface area contributed by atoms with Crippen molar-refractivity contribution in [3.05, 3.63) is 50.7 Å². The first-order valence-electron chi connectivity index (χ1n) is 7.89. The number of carbonyl (C=O) groups excluding carboxylic acids is 2. The Morgan fingerprint density at radius 1 is 1.46 bits per heavy atom. The van der Waals surface area contributed by atoms with Crippen molar-refractivity contribution in [2.24, 2.45) is 0 Å². The number of hydrogen-bond acceptors (Lipinski definition) is 6. The minimum atomic E-state index is -0.551. The molecule has 0 N–H and O–H groups in total. The number of carbonyl (C=O) groups is 2. The molecule has 1 aliphatic rings. The number of amides is 2. The van der Waals surface area contributed by atoms with Crippen LogP contribution in [0.4, 0.5) is 11.4 Å². The number of ether oxygens (including phenoxy) is 1. The Morgan fingerprint density at radius 3 is 2.88 bits per heavy atom. The van der Waals surface area contributed by atoms with E-state index < -0.39 is 10.8 Å². The molecule has 0 saturated carbocycles. The molecule has 26 heavy (non-hydrogen) atoms. The van der Waals surface area contributed by atoms with Crippen LogP contribution >= 0.6 is 11.3 Å². The van der Waals surface area contributed by atoms with Crippen molar-refractivity contribution in [1.29, 1.82) is 0 Å². The first kappa shape index (κ1) is 17.9. The highest BCUT2D eigenvalue weighted by molar-refractivity contribution is 7.10. The predicted molar refractivity (Wildman–Crippen MR) is 96.4 cm³/mol. The Kier molecular flexibility index (Phi) is 4.90. The van der Waals surface area contributed by atoms with Crippen LogP contribution in [0.25, 0.3) is 0 Å². The van der Waals surface area contributed by atoms with Crippen LogP contribution in [0.15, 0.2) is 35.7 Å². The summed E-state index contributed by atoms with van der Waals surface area (Å²) >= 11 is 1.55. The molecular weight excluding hydrogens is 358 g/mol. The smallest absolute Gasteiger partial charge is 0.271 e. The van der Waals surface area contributed by atoms with E-state index in [2.05, 4.69) is 0 Å². The van der Waals surface area contributed by atoms with Crippen molar-refractivity contribution in [3.8, 4) is 5.75 Å². The Hall–Kier alpha value is -2.94. The third-order valence-electron chi connectivity index (χ3n) is 4.32. The summed E-state index contributed by atoms with van der Waals surface area (Å²) in [5.41, 5.74) is 0.0702. The average Bonchev–Trinajstić information content (AvgIpc) is 3.16. The second-order valence-corrected chi connectivity index (χ2v) is 6.85. The van der Waals surface area contributed by atoms with Gasteiger partial charge in [-0.3, -0.25) is 24.6 Å². The van der Waals surface area contributed by atoms with Gasteiger partial charge in [-0.2, -0.15) is 0 Å². The monoisotopic (exact) mass is 375 g/mol. The number of nitrogens with zero attached hydrogens (tertiary/aromatic N) is 3. The van der Waals surface area contributed by atoms with Gasteiger partial charge in [0.05, 0.1) is 16.7 Å². The lowest BCUT2D eigenvalue weighted by Gasteiger charge is -2.31. The maximum Gasteiger partial charge on any atom is 0.271 e. The van der Waals surface area contributed by atoms with Crippen molar-refractivity contribution in [2.45, 2.75) is 13.0 Å². The van der Waals surface area contributed by atoms with E-state index in [0.29, 0.717) is 5.75 Å². The number of nitro groups is 1. The summed E-state index contributed by atoms with van der Waals surface area (Å²) in [7, 11) is 1.67. The van der Waals surface area contributed by atoms with E-state index in [1.165, 1.54) is 23.1 Å². The van der Waals surface area contributed by atoms with Gasteiger partial charge in [0.15, 0.2) is 6.61 Å². The van der Waals surface area contributed by atoms with E-state index in [1.54, 1.807) is 23.3 Å². The van der Waals surface area contributed by atoms with E-state index in [9.17, 15) is 19.7 Å². The molecule has 1 aromatic heterocycles. The zero-order chi connectivity index (χ0) is 18.8. The molecular formula is C17H17N3O5S. The van der Waals surface area contributed by atoms with Crippen molar-refractivity contribution >= 4 is 34.5 Å². The molecule has 0 bridgehead atoms. The van der Waals surface area contributed by atoms with E-state index >= 15 is 0 Å². The van der Waals surface area contributed by atoms with Gasteiger partial charge in [-0.1, -0.05) is 6.07 Å². The molecule has 0 fully saturated rings. The summed E-state index contributed by atoms with van der Waals surface area (Å²) in [5.74, 6) is -0.334. The number of non-ortho nitro benzene ring substituents is 1. The minimum absolute atomic E-state index is 0.136. The van der Waals surface area contributed by atoms with Crippen LogP contribution in [0.5, 0.6) is 5.75 Å². The van der Waals surface area contributed by atoms with Crippen LogP contribution in [0.2, 0.25) is 0 Å². The summed E-state index contributed by atoms with van der Waals surface area (Å²) < 4.78 is 5.31. The molecule has 8 nitrogen and oxygen atoms in total. The van der Waals surface area contributed by atoms with Gasteiger partial charge in [-0.05, 0) is 24.4 Å². The largest absolute Gasteiger partial charge is 0.482 e. The zero-order valence-electron chi connectivity index (χ0n) is 14.2. The van der Waals surface area contributed by atoms with Crippen LogP contribution in [-0.2, 0) is 9.59 Å². The van der Waals surface area contributed by atoms with Crippen molar-refractivity contribution < 1.29 is 19.2 Å². The molecule has 0 unspecified atom stereocenters. The molecule has 9 heteroatoms. The Balaban J connectivity index is 1.83. The number of anilines is 1. The van der Waals surface area contributed by atoms with Gasteiger partial charge in [0.25, 0.3) is 11.6 Å². The topological polar surface area (TPSA) is 93.0 Å². The van der Waals surface area contributed by atoms with Gasteiger partial charge >= 0.3 is 0 Å². The molecule has 1 aromatic carbocycles. The van der Waals surface area contributed by atoms with Gasteiger partial charge in [0.2, 0.25) is 5.91 Å². The first-order chi connectivity index (χ1) is 12.4. The van der Waals surface area contributed by atoms with Crippen molar-refractivity contribution in [2.75, 3.05) is 25.1 Å². The third kappa shape index (κ3) is 3.38. The fraction of sp³-hybridized carbons (Fsp3) is 0.294. The van der Waals surface area contributed by atoms with E-state index in [0.717, 1.165) is 4.88 Å². The van der Waals surface area contributed by atoms with E-state index in [-0.39, 0.29) is 36.5 Å². The molecule has 2 heterocycles. The Labute approximate surface area is 153 Å². The van der Waals surface area contributed by atoms with Crippen LogP contribution in [0.3, 0.4) is 0 Å². The fourth-order valence-electron chi connectivity index (χ4n) is 2.66. The number of nitro benzene ring substituents is 1. The van der Waals surface area contributed by atoms with Crippen LogP contribution < -0.4 is 9.64 Å². The second kappa shape index (κ2) is 7.12. The lowest BCUT2D eigenvalue weighted by atomic mass is 10.2. The lowest BCUT2D eigenvalue weighted by molar-refractivity contribution is -0.384. The Bertz CT molecular complexity index is 852. The maximum atomic E-state index is 12.7. The predicted octanol–water partition coefficient (Wildman–Crippen LogP) is 2.60. The molecule has 1 aliphatic heterocycles. The normalized spacial score (nSPS) is 14.4.